The first-order chi connectivity index (χ1) is 63.8. The molecule has 1 aliphatic carbocycles. The first-order valence-corrected chi connectivity index (χ1v) is 45.2. The molecule has 16 aromatic rings. The van der Waals surface area contributed by atoms with Crippen LogP contribution in [0.2, 0.25) is 0 Å². The van der Waals surface area contributed by atoms with Crippen molar-refractivity contribution in [3.8, 4) is 45.3 Å². The minimum atomic E-state index is -0.279. The smallest absolute Gasteiger partial charge is 0.161 e. The van der Waals surface area contributed by atoms with E-state index in [4.69, 9.17) is 19.7 Å². The molecule has 30 heteroatoms. The summed E-state index contributed by atoms with van der Waals surface area (Å²) < 4.78 is 59.2. The number of aryl methyl sites for hydroxylation is 1. The lowest BCUT2D eigenvalue weighted by atomic mass is 10.0. The summed E-state index contributed by atoms with van der Waals surface area (Å²) in [6.07, 6.45) is 23.4. The minimum Gasteiger partial charge on any atom is -0.378 e. The lowest BCUT2D eigenvalue weighted by Crippen LogP contribution is -2.49. The van der Waals surface area contributed by atoms with Crippen molar-refractivity contribution in [1.29, 1.82) is 0 Å². The second kappa shape index (κ2) is 39.2. The van der Waals surface area contributed by atoms with Crippen molar-refractivity contribution in [3.05, 3.63) is 253 Å². The van der Waals surface area contributed by atoms with Crippen LogP contribution in [-0.4, -0.2) is 174 Å². The standard InChI is InChI=1S/C26H30FN7.C25H26FN7.C25H27FN6.C25H26FN5O/c1-15(2)22-17(4)31-24(18-5-7-19(27)8-6-18)33-26(22)32-20-9-10-29-25-23(20)21(14-30-25)34-12-11-28-13-16(34)3;1-15-12-27-10-11-33(15)21-14-30-25-22(21)20(8-9-28-25)31-24-19(16-2-3-16)13-29-23(32-24)17-4-6-18(26)7-5-17;1-16(2)19-14-29-21(17-3-5-18(26)6-4-17)13-22(19)31-20-7-8-28-25-24(20)23(15-30-25)32-11-9-27-10-12-32;1-16(2)19-14-28-21(17-3-5-18(26)6-4-17)13-22(19)30-20-7-8-27-25-24(20)23(15-29-25)31-9-11-32-12-10-31/h5-10,14-16,28H,11-13H2,1-4H3,(H2,29,30,31,32,33);4-9,13-16,27H,2-3,10-12H2,1H3,(H2,28,29,30,31,32);3-8,13-16,27H,9-12H2,1-2H3,(H2,28,29,30,31);3-8,13-16H,9-12H2,1-2H3,(H2,27,28,29,30). The van der Waals surface area contributed by atoms with E-state index >= 15 is 0 Å². The second-order valence-corrected chi connectivity index (χ2v) is 34.8. The average molecular weight is 1770 g/mol. The second-order valence-electron chi connectivity index (χ2n) is 34.8. The van der Waals surface area contributed by atoms with Gasteiger partial charge in [-0.15, -0.1) is 0 Å². The first kappa shape index (κ1) is 87.7. The number of anilines is 12. The lowest BCUT2D eigenvalue weighted by Gasteiger charge is -2.35. The van der Waals surface area contributed by atoms with Crippen LogP contribution in [0.1, 0.15) is 120 Å². The van der Waals surface area contributed by atoms with Crippen LogP contribution >= 0.6 is 0 Å². The highest BCUT2D eigenvalue weighted by Crippen LogP contribution is 2.47. The summed E-state index contributed by atoms with van der Waals surface area (Å²) in [5, 5.41) is 29.1. The van der Waals surface area contributed by atoms with Gasteiger partial charge in [-0.25, -0.2) is 57.4 Å². The van der Waals surface area contributed by atoms with Crippen molar-refractivity contribution in [3.63, 3.8) is 0 Å². The summed E-state index contributed by atoms with van der Waals surface area (Å²) in [4.78, 5) is 69.5. The van der Waals surface area contributed by atoms with Crippen molar-refractivity contribution < 1.29 is 22.3 Å². The van der Waals surface area contributed by atoms with Gasteiger partial charge in [0.15, 0.2) is 11.6 Å². The van der Waals surface area contributed by atoms with Crippen molar-refractivity contribution >= 4 is 113 Å². The van der Waals surface area contributed by atoms with Crippen molar-refractivity contribution in [2.24, 2.45) is 0 Å². The first-order valence-electron chi connectivity index (χ1n) is 45.2. The fourth-order valence-corrected chi connectivity index (χ4v) is 17.8. The average Bonchev–Trinajstić information content (AvgIpc) is 1.71. The Morgan fingerprint density at radius 1 is 0.382 bits per heavy atom. The molecule has 0 bridgehead atoms. The zero-order chi connectivity index (χ0) is 90.3. The van der Waals surface area contributed by atoms with Crippen LogP contribution < -0.4 is 56.8 Å². The molecular weight excluding hydrogens is 1660 g/mol. The summed E-state index contributed by atoms with van der Waals surface area (Å²) >= 11 is 0. The van der Waals surface area contributed by atoms with Crippen LogP contribution in [0.25, 0.3) is 89.4 Å². The Balaban J connectivity index is 0.000000117. The normalized spacial score (nSPS) is 15.9. The number of hydrogen-bond donors (Lipinski definition) is 11. The topological polar surface area (TPSA) is 298 Å². The number of hydrogen-bond acceptors (Lipinski definition) is 22. The fraction of sp³-hybridized carbons (Fsp3) is 0.307. The van der Waals surface area contributed by atoms with Crippen molar-refractivity contribution in [2.45, 2.75) is 111 Å². The predicted octanol–water partition coefficient (Wildman–Crippen LogP) is 20.2. The van der Waals surface area contributed by atoms with Crippen LogP contribution in [0, 0.1) is 30.2 Å². The monoisotopic (exact) mass is 1760 g/mol. The largest absolute Gasteiger partial charge is 0.378 e. The number of fused-ring (bicyclic) bond motifs is 4. The fourth-order valence-electron chi connectivity index (χ4n) is 17.8. The third-order valence-electron chi connectivity index (χ3n) is 24.8. The van der Waals surface area contributed by atoms with Crippen LogP contribution in [-0.2, 0) is 4.74 Å². The van der Waals surface area contributed by atoms with E-state index in [1.165, 1.54) is 48.5 Å². The van der Waals surface area contributed by atoms with E-state index in [9.17, 15) is 17.6 Å². The Labute approximate surface area is 758 Å². The van der Waals surface area contributed by atoms with Gasteiger partial charge in [-0.2, -0.15) is 0 Å². The van der Waals surface area contributed by atoms with E-state index in [2.05, 4.69) is 173 Å². The van der Waals surface area contributed by atoms with Crippen LogP contribution in [0.15, 0.2) is 202 Å². The van der Waals surface area contributed by atoms with E-state index in [-0.39, 0.29) is 35.1 Å². The molecule has 16 heterocycles. The lowest BCUT2D eigenvalue weighted by molar-refractivity contribution is 0.123. The third kappa shape index (κ3) is 19.5. The van der Waals surface area contributed by atoms with Crippen molar-refractivity contribution in [2.75, 3.05) is 133 Å². The highest BCUT2D eigenvalue weighted by molar-refractivity contribution is 6.05. The molecule has 0 spiro atoms. The number of nitrogens with zero attached hydrogens (tertiary/aromatic N) is 14. The highest BCUT2D eigenvalue weighted by Gasteiger charge is 2.32. The van der Waals surface area contributed by atoms with E-state index in [1.807, 2.05) is 92.9 Å². The Bertz CT molecular complexity index is 6470. The number of rotatable bonds is 20. The van der Waals surface area contributed by atoms with E-state index in [0.717, 1.165) is 279 Å². The van der Waals surface area contributed by atoms with Gasteiger partial charge >= 0.3 is 0 Å². The van der Waals surface area contributed by atoms with E-state index in [1.54, 1.807) is 60.9 Å². The molecule has 12 aromatic heterocycles. The van der Waals surface area contributed by atoms with E-state index < -0.39 is 0 Å². The maximum Gasteiger partial charge on any atom is 0.161 e. The Morgan fingerprint density at radius 2 is 0.763 bits per heavy atom. The number of halogens is 4. The quantitative estimate of drug-likeness (QED) is 0.0316. The summed E-state index contributed by atoms with van der Waals surface area (Å²) in [6, 6.07) is 38.3. The zero-order valence-corrected chi connectivity index (χ0v) is 75.0. The van der Waals surface area contributed by atoms with Gasteiger partial charge in [0.05, 0.1) is 91.6 Å². The zero-order valence-electron chi connectivity index (χ0n) is 75.0. The number of aromatic nitrogens is 14. The van der Waals surface area contributed by atoms with Gasteiger partial charge < -0.3 is 81.5 Å². The maximum absolute atomic E-state index is 13.5. The number of nitrogens with one attached hydrogen (secondary N) is 11. The molecule has 131 heavy (non-hydrogen) atoms. The number of aromatic amines is 4. The van der Waals surface area contributed by atoms with Gasteiger partial charge in [0.25, 0.3) is 0 Å². The molecule has 4 aliphatic heterocycles. The van der Waals surface area contributed by atoms with Gasteiger partial charge in [-0.3, -0.25) is 9.97 Å². The molecule has 1 saturated carbocycles. The summed E-state index contributed by atoms with van der Waals surface area (Å²) in [6.45, 7) is 32.0. The minimum absolute atomic E-state index is 0.223. The van der Waals surface area contributed by atoms with Crippen LogP contribution in [0.5, 0.6) is 0 Å². The number of pyridine rings is 6. The van der Waals surface area contributed by atoms with Gasteiger partial charge in [0, 0.05) is 209 Å². The molecule has 5 fully saturated rings. The van der Waals surface area contributed by atoms with Crippen LogP contribution in [0.3, 0.4) is 0 Å². The SMILES string of the molecule is CC(C)c1cnc(-c2ccc(F)cc2)cc1Nc1ccnc2[nH]cc(N3CCNCC3)c12.CC(C)c1cnc(-c2ccc(F)cc2)cc1Nc1ccnc2[nH]cc(N3CCOCC3)c12.CC1CNCCN1c1c[nH]c2nccc(Nc3nc(-c4ccc(F)cc4)ncc3C3CC3)c12.Cc1nc(-c2ccc(F)cc2)nc(Nc2ccnc3[nH]cc(N4CCNCC4C)c23)c1C(C)C. The molecule has 2 atom stereocenters. The summed E-state index contributed by atoms with van der Waals surface area (Å²) in [5.74, 6) is 2.94. The van der Waals surface area contributed by atoms with Crippen molar-refractivity contribution in [1.82, 2.24) is 85.7 Å². The predicted molar refractivity (Wildman–Crippen MR) is 518 cm³/mol. The number of piperazine rings is 3. The molecule has 11 N–H and O–H groups in total. The summed E-state index contributed by atoms with van der Waals surface area (Å²) in [7, 11) is 0. The maximum atomic E-state index is 13.5. The summed E-state index contributed by atoms with van der Waals surface area (Å²) in [5.41, 5.74) is 24.1. The van der Waals surface area contributed by atoms with Gasteiger partial charge in [-0.1, -0.05) is 41.5 Å². The molecular formula is C101H109F4N25O. The Hall–Kier alpha value is -13.9. The molecule has 0 radical (unpaired) electrons. The number of ether oxygens (including phenoxy) is 1. The molecule has 4 saturated heterocycles. The molecule has 4 aromatic carbocycles. The molecule has 26 nitrogen and oxygen atoms in total. The number of H-pyrrole nitrogens is 4. The molecule has 672 valence electrons. The number of benzene rings is 4. The molecule has 0 amide bonds. The molecule has 2 unspecified atom stereocenters. The Morgan fingerprint density at radius 3 is 1.18 bits per heavy atom. The number of morpholine rings is 1. The van der Waals surface area contributed by atoms with Crippen LogP contribution in [0.4, 0.5) is 86.1 Å². The highest BCUT2D eigenvalue weighted by atomic mass is 19.1. The Kier molecular flexibility index (Phi) is 26.2. The van der Waals surface area contributed by atoms with Gasteiger partial charge in [0.1, 0.15) is 57.5 Å². The van der Waals surface area contributed by atoms with Gasteiger partial charge in [0.2, 0.25) is 0 Å². The molecule has 5 aliphatic rings. The molecule has 21 rings (SSSR count). The van der Waals surface area contributed by atoms with Gasteiger partial charge in [-0.05, 0) is 202 Å². The third-order valence-corrected chi connectivity index (χ3v) is 24.8. The van der Waals surface area contributed by atoms with E-state index in [0.29, 0.717) is 35.6 Å².